The number of aromatic carboxylic acids is 1. The van der Waals surface area contributed by atoms with E-state index in [0.717, 1.165) is 0 Å². The van der Waals surface area contributed by atoms with Crippen LogP contribution in [-0.4, -0.2) is 31.1 Å². The van der Waals surface area contributed by atoms with Crippen molar-refractivity contribution in [2.75, 3.05) is 0 Å². The lowest BCUT2D eigenvalue weighted by Gasteiger charge is -2.04. The molecule has 3 aromatic rings. The molecule has 100 valence electrons. The average molecular weight is 270 g/mol. The number of furan rings is 1. The smallest absolute Gasteiger partial charge is 0.358 e. The molecule has 0 unspecified atom stereocenters. The lowest BCUT2D eigenvalue weighted by atomic mass is 10.2. The van der Waals surface area contributed by atoms with Crippen molar-refractivity contribution < 1.29 is 14.3 Å². The SMILES string of the molecule is O=C(O)c1nnn(Cc2ccco2)c1-c1ccccn1. The predicted octanol–water partition coefficient (Wildman–Crippen LogP) is 1.68. The third kappa shape index (κ3) is 2.16. The fourth-order valence-corrected chi connectivity index (χ4v) is 1.87. The van der Waals surface area contributed by atoms with Crippen LogP contribution in [0.5, 0.6) is 0 Å². The van der Waals surface area contributed by atoms with Crippen molar-refractivity contribution in [2.45, 2.75) is 6.54 Å². The Bertz CT molecular complexity index is 719. The standard InChI is InChI=1S/C13H10N4O3/c18-13(19)11-12(10-5-1-2-6-14-10)17(16-15-11)8-9-4-3-7-20-9/h1-7H,8H2,(H,18,19). The first-order valence-corrected chi connectivity index (χ1v) is 5.86. The molecule has 1 N–H and O–H groups in total. The van der Waals surface area contributed by atoms with Gasteiger partial charge in [-0.15, -0.1) is 5.10 Å². The van der Waals surface area contributed by atoms with Gasteiger partial charge in [-0.25, -0.2) is 9.48 Å². The Morgan fingerprint density at radius 1 is 1.30 bits per heavy atom. The molecular formula is C13H10N4O3. The van der Waals surface area contributed by atoms with E-state index in [0.29, 0.717) is 23.7 Å². The summed E-state index contributed by atoms with van der Waals surface area (Å²) < 4.78 is 6.70. The number of carboxylic acid groups (broad SMARTS) is 1. The van der Waals surface area contributed by atoms with Gasteiger partial charge in [-0.05, 0) is 24.3 Å². The molecule has 0 saturated heterocycles. The van der Waals surface area contributed by atoms with Crippen molar-refractivity contribution >= 4 is 5.97 Å². The summed E-state index contributed by atoms with van der Waals surface area (Å²) in [6.07, 6.45) is 3.13. The van der Waals surface area contributed by atoms with E-state index in [2.05, 4.69) is 15.3 Å². The monoisotopic (exact) mass is 270 g/mol. The maximum Gasteiger partial charge on any atom is 0.358 e. The summed E-state index contributed by atoms with van der Waals surface area (Å²) in [5.74, 6) is -0.486. The van der Waals surface area contributed by atoms with Gasteiger partial charge in [0.25, 0.3) is 0 Å². The summed E-state index contributed by atoms with van der Waals surface area (Å²) in [5, 5.41) is 16.8. The number of pyridine rings is 1. The summed E-state index contributed by atoms with van der Waals surface area (Å²) >= 11 is 0. The fraction of sp³-hybridized carbons (Fsp3) is 0.0769. The summed E-state index contributed by atoms with van der Waals surface area (Å²) in [5.41, 5.74) is 0.728. The number of hydrogen-bond acceptors (Lipinski definition) is 5. The van der Waals surface area contributed by atoms with Crippen LogP contribution in [0.25, 0.3) is 11.4 Å². The van der Waals surface area contributed by atoms with Gasteiger partial charge in [-0.3, -0.25) is 4.98 Å². The van der Waals surface area contributed by atoms with Gasteiger partial charge in [0.15, 0.2) is 5.69 Å². The molecule has 7 heteroatoms. The Hall–Kier alpha value is -2.96. The Morgan fingerprint density at radius 3 is 2.85 bits per heavy atom. The number of hydrogen-bond donors (Lipinski definition) is 1. The van der Waals surface area contributed by atoms with E-state index in [1.54, 1.807) is 42.8 Å². The molecule has 0 aliphatic carbocycles. The van der Waals surface area contributed by atoms with E-state index in [-0.39, 0.29) is 5.69 Å². The van der Waals surface area contributed by atoms with Gasteiger partial charge in [0.1, 0.15) is 18.0 Å². The molecule has 7 nitrogen and oxygen atoms in total. The topological polar surface area (TPSA) is 94.0 Å². The van der Waals surface area contributed by atoms with Crippen LogP contribution in [0.1, 0.15) is 16.2 Å². The highest BCUT2D eigenvalue weighted by molar-refractivity contribution is 5.92. The van der Waals surface area contributed by atoms with E-state index >= 15 is 0 Å². The zero-order valence-electron chi connectivity index (χ0n) is 10.3. The Labute approximate surface area is 113 Å². The van der Waals surface area contributed by atoms with Gasteiger partial charge in [0.2, 0.25) is 0 Å². The average Bonchev–Trinajstić information content (AvgIpc) is 3.09. The second-order valence-corrected chi connectivity index (χ2v) is 4.04. The molecule has 0 bridgehead atoms. The normalized spacial score (nSPS) is 10.6. The van der Waals surface area contributed by atoms with E-state index in [1.165, 1.54) is 4.68 Å². The van der Waals surface area contributed by atoms with E-state index in [1.807, 2.05) is 0 Å². The molecule has 0 aromatic carbocycles. The Balaban J connectivity index is 2.09. The molecule has 3 rings (SSSR count). The van der Waals surface area contributed by atoms with E-state index in [4.69, 9.17) is 4.42 Å². The zero-order chi connectivity index (χ0) is 13.9. The molecule has 0 aliphatic heterocycles. The van der Waals surface area contributed by atoms with Crippen LogP contribution < -0.4 is 0 Å². The summed E-state index contributed by atoms with van der Waals surface area (Å²) in [7, 11) is 0. The highest BCUT2D eigenvalue weighted by Gasteiger charge is 2.21. The lowest BCUT2D eigenvalue weighted by Crippen LogP contribution is -2.06. The summed E-state index contributed by atoms with van der Waals surface area (Å²) in [6, 6.07) is 8.78. The van der Waals surface area contributed by atoms with Crippen LogP contribution in [0, 0.1) is 0 Å². The van der Waals surface area contributed by atoms with Gasteiger partial charge in [0.05, 0.1) is 12.0 Å². The molecule has 0 saturated carbocycles. The molecule has 0 radical (unpaired) electrons. The number of nitrogens with zero attached hydrogens (tertiary/aromatic N) is 4. The maximum absolute atomic E-state index is 11.2. The number of aromatic nitrogens is 4. The minimum atomic E-state index is -1.14. The molecule has 3 aromatic heterocycles. The molecular weight excluding hydrogens is 260 g/mol. The van der Waals surface area contributed by atoms with E-state index < -0.39 is 5.97 Å². The fourth-order valence-electron chi connectivity index (χ4n) is 1.87. The largest absolute Gasteiger partial charge is 0.476 e. The van der Waals surface area contributed by atoms with Gasteiger partial charge in [-0.1, -0.05) is 11.3 Å². The van der Waals surface area contributed by atoms with Crippen molar-refractivity contribution in [3.8, 4) is 11.4 Å². The van der Waals surface area contributed by atoms with Gasteiger partial charge < -0.3 is 9.52 Å². The number of carbonyl (C=O) groups is 1. The van der Waals surface area contributed by atoms with Crippen molar-refractivity contribution in [3.05, 3.63) is 54.2 Å². The minimum Gasteiger partial charge on any atom is -0.476 e. The lowest BCUT2D eigenvalue weighted by molar-refractivity contribution is 0.0691. The zero-order valence-corrected chi connectivity index (χ0v) is 10.3. The highest BCUT2D eigenvalue weighted by Crippen LogP contribution is 2.21. The third-order valence-electron chi connectivity index (χ3n) is 2.73. The van der Waals surface area contributed by atoms with Crippen LogP contribution >= 0.6 is 0 Å². The number of carboxylic acids is 1. The highest BCUT2D eigenvalue weighted by atomic mass is 16.4. The molecule has 0 spiro atoms. The molecule has 20 heavy (non-hydrogen) atoms. The Morgan fingerprint density at radius 2 is 2.20 bits per heavy atom. The first kappa shape index (κ1) is 12.1. The van der Waals surface area contributed by atoms with Gasteiger partial charge in [-0.2, -0.15) is 0 Å². The first-order chi connectivity index (χ1) is 9.75. The first-order valence-electron chi connectivity index (χ1n) is 5.86. The second kappa shape index (κ2) is 4.96. The van der Waals surface area contributed by atoms with Crippen LogP contribution in [0.15, 0.2) is 47.2 Å². The van der Waals surface area contributed by atoms with Crippen molar-refractivity contribution in [1.29, 1.82) is 0 Å². The second-order valence-electron chi connectivity index (χ2n) is 4.04. The molecule has 0 aliphatic rings. The van der Waals surface area contributed by atoms with Crippen molar-refractivity contribution in [3.63, 3.8) is 0 Å². The maximum atomic E-state index is 11.2. The molecule has 0 amide bonds. The summed E-state index contributed by atoms with van der Waals surface area (Å²) in [6.45, 7) is 0.291. The van der Waals surface area contributed by atoms with Gasteiger partial charge >= 0.3 is 5.97 Å². The quantitative estimate of drug-likeness (QED) is 0.775. The predicted molar refractivity (Wildman–Crippen MR) is 68.0 cm³/mol. The van der Waals surface area contributed by atoms with Crippen molar-refractivity contribution in [1.82, 2.24) is 20.0 Å². The van der Waals surface area contributed by atoms with E-state index in [9.17, 15) is 9.90 Å². The van der Waals surface area contributed by atoms with Crippen LogP contribution in [0.3, 0.4) is 0 Å². The summed E-state index contributed by atoms with van der Waals surface area (Å²) in [4.78, 5) is 15.4. The number of rotatable bonds is 4. The van der Waals surface area contributed by atoms with Gasteiger partial charge in [0, 0.05) is 6.20 Å². The van der Waals surface area contributed by atoms with Crippen molar-refractivity contribution in [2.24, 2.45) is 0 Å². The minimum absolute atomic E-state index is 0.129. The molecule has 0 atom stereocenters. The van der Waals surface area contributed by atoms with Crippen LogP contribution in [0.2, 0.25) is 0 Å². The third-order valence-corrected chi connectivity index (χ3v) is 2.73. The Kier molecular flexibility index (Phi) is 3.00. The molecule has 0 fully saturated rings. The molecule has 3 heterocycles. The van der Waals surface area contributed by atoms with Crippen LogP contribution in [-0.2, 0) is 6.54 Å². The van der Waals surface area contributed by atoms with Crippen LogP contribution in [0.4, 0.5) is 0 Å².